The van der Waals surface area contributed by atoms with E-state index in [9.17, 15) is 0 Å². The highest BCUT2D eigenvalue weighted by Crippen LogP contribution is 2.12. The molecule has 0 aromatic carbocycles. The summed E-state index contributed by atoms with van der Waals surface area (Å²) in [6, 6.07) is 5.93. The molecule has 2 aromatic rings. The van der Waals surface area contributed by atoms with E-state index in [-0.39, 0.29) is 0 Å². The first-order valence-electron chi connectivity index (χ1n) is 5.00. The van der Waals surface area contributed by atoms with Crippen molar-refractivity contribution < 1.29 is 0 Å². The fourth-order valence-electron chi connectivity index (χ4n) is 1.37. The van der Waals surface area contributed by atoms with Gasteiger partial charge in [-0.3, -0.25) is 4.98 Å². The molecule has 0 spiro atoms. The van der Waals surface area contributed by atoms with Crippen molar-refractivity contribution >= 4 is 21.7 Å². The number of anilines is 1. The van der Waals surface area contributed by atoms with Gasteiger partial charge in [-0.05, 0) is 52.2 Å². The van der Waals surface area contributed by atoms with E-state index in [4.69, 9.17) is 0 Å². The number of rotatable bonds is 3. The molecule has 0 bridgehead atoms. The van der Waals surface area contributed by atoms with Crippen LogP contribution in [-0.4, -0.2) is 9.97 Å². The maximum absolute atomic E-state index is 4.25. The van der Waals surface area contributed by atoms with Gasteiger partial charge in [-0.2, -0.15) is 0 Å². The lowest BCUT2D eigenvalue weighted by Crippen LogP contribution is -2.02. The Balaban J connectivity index is 2.02. The lowest BCUT2D eigenvalue weighted by molar-refractivity contribution is 1.07. The van der Waals surface area contributed by atoms with Crippen molar-refractivity contribution in [2.24, 2.45) is 0 Å². The highest BCUT2D eigenvalue weighted by atomic mass is 79.9. The molecule has 3 nitrogen and oxygen atoms in total. The predicted molar refractivity (Wildman–Crippen MR) is 68.2 cm³/mol. The number of hydrogen-bond donors (Lipinski definition) is 1. The Morgan fingerprint density at radius 1 is 1.25 bits per heavy atom. The van der Waals surface area contributed by atoms with Gasteiger partial charge < -0.3 is 5.32 Å². The van der Waals surface area contributed by atoms with E-state index in [1.807, 2.05) is 24.4 Å². The third-order valence-corrected chi connectivity index (χ3v) is 2.79. The lowest BCUT2D eigenvalue weighted by Gasteiger charge is -2.07. The quantitative estimate of drug-likeness (QED) is 0.937. The van der Waals surface area contributed by atoms with Gasteiger partial charge >= 0.3 is 0 Å². The standard InChI is InChI=1S/C12H12BrN3/c1-9-6-14-5-4-10(9)7-15-12-3-2-11(13)8-16-12/h2-6,8H,7H2,1H3,(H,15,16). The van der Waals surface area contributed by atoms with Crippen LogP contribution in [0.5, 0.6) is 0 Å². The Hall–Kier alpha value is -1.42. The Bertz CT molecular complexity index is 468. The summed E-state index contributed by atoms with van der Waals surface area (Å²) in [7, 11) is 0. The summed E-state index contributed by atoms with van der Waals surface area (Å²) in [5.41, 5.74) is 2.42. The number of halogens is 1. The molecule has 16 heavy (non-hydrogen) atoms. The molecular formula is C12H12BrN3. The van der Waals surface area contributed by atoms with Crippen LogP contribution in [0.1, 0.15) is 11.1 Å². The highest BCUT2D eigenvalue weighted by Gasteiger charge is 1.98. The van der Waals surface area contributed by atoms with Crippen LogP contribution in [0.15, 0.2) is 41.3 Å². The first-order chi connectivity index (χ1) is 7.75. The number of pyridine rings is 2. The molecule has 0 radical (unpaired) electrons. The molecule has 0 fully saturated rings. The molecule has 0 atom stereocenters. The van der Waals surface area contributed by atoms with Crippen LogP contribution >= 0.6 is 15.9 Å². The molecule has 2 heterocycles. The van der Waals surface area contributed by atoms with E-state index in [2.05, 4.69) is 38.1 Å². The zero-order valence-electron chi connectivity index (χ0n) is 8.94. The van der Waals surface area contributed by atoms with Gasteiger partial charge in [-0.25, -0.2) is 4.98 Å². The number of nitrogens with one attached hydrogen (secondary N) is 1. The molecule has 2 rings (SSSR count). The summed E-state index contributed by atoms with van der Waals surface area (Å²) >= 11 is 3.35. The first kappa shape index (κ1) is 11.1. The van der Waals surface area contributed by atoms with Gasteiger partial charge in [-0.1, -0.05) is 0 Å². The van der Waals surface area contributed by atoms with Gasteiger partial charge in [0, 0.05) is 29.6 Å². The normalized spacial score (nSPS) is 10.1. The molecule has 0 saturated carbocycles. The van der Waals surface area contributed by atoms with Crippen LogP contribution in [0.4, 0.5) is 5.82 Å². The fraction of sp³-hybridized carbons (Fsp3) is 0.167. The number of aromatic nitrogens is 2. The monoisotopic (exact) mass is 277 g/mol. The molecule has 0 amide bonds. The summed E-state index contributed by atoms with van der Waals surface area (Å²) in [5, 5.41) is 3.27. The summed E-state index contributed by atoms with van der Waals surface area (Å²) < 4.78 is 0.984. The van der Waals surface area contributed by atoms with Gasteiger partial charge in [-0.15, -0.1) is 0 Å². The maximum atomic E-state index is 4.25. The van der Waals surface area contributed by atoms with E-state index >= 15 is 0 Å². The zero-order chi connectivity index (χ0) is 11.4. The Labute approximate surface area is 103 Å². The van der Waals surface area contributed by atoms with Crippen molar-refractivity contribution in [3.05, 3.63) is 52.4 Å². The van der Waals surface area contributed by atoms with Crippen LogP contribution in [-0.2, 0) is 6.54 Å². The fourth-order valence-corrected chi connectivity index (χ4v) is 1.60. The number of nitrogens with zero attached hydrogens (tertiary/aromatic N) is 2. The zero-order valence-corrected chi connectivity index (χ0v) is 10.5. The lowest BCUT2D eigenvalue weighted by atomic mass is 10.1. The smallest absolute Gasteiger partial charge is 0.126 e. The SMILES string of the molecule is Cc1cnccc1CNc1ccc(Br)cn1. The molecule has 2 aromatic heterocycles. The highest BCUT2D eigenvalue weighted by molar-refractivity contribution is 9.10. The van der Waals surface area contributed by atoms with E-state index in [0.717, 1.165) is 16.8 Å². The average molecular weight is 278 g/mol. The van der Waals surface area contributed by atoms with E-state index in [1.165, 1.54) is 11.1 Å². The van der Waals surface area contributed by atoms with Gasteiger partial charge in [0.05, 0.1) is 0 Å². The number of aryl methyl sites for hydroxylation is 1. The molecule has 0 aliphatic heterocycles. The second-order valence-corrected chi connectivity index (χ2v) is 4.43. The third kappa shape index (κ3) is 2.79. The van der Waals surface area contributed by atoms with Gasteiger partial charge in [0.2, 0.25) is 0 Å². The molecule has 1 N–H and O–H groups in total. The Morgan fingerprint density at radius 2 is 2.12 bits per heavy atom. The molecule has 0 aliphatic rings. The predicted octanol–water partition coefficient (Wildman–Crippen LogP) is 3.16. The summed E-state index contributed by atoms with van der Waals surface area (Å²) in [6.07, 6.45) is 5.45. The largest absolute Gasteiger partial charge is 0.366 e. The van der Waals surface area contributed by atoms with Crippen molar-refractivity contribution in [1.29, 1.82) is 0 Å². The van der Waals surface area contributed by atoms with Crippen molar-refractivity contribution in [3.63, 3.8) is 0 Å². The van der Waals surface area contributed by atoms with Gasteiger partial charge in [0.15, 0.2) is 0 Å². The molecular weight excluding hydrogens is 266 g/mol. The minimum atomic E-state index is 0.767. The van der Waals surface area contributed by atoms with Crippen molar-refractivity contribution in [2.75, 3.05) is 5.32 Å². The minimum Gasteiger partial charge on any atom is -0.366 e. The van der Waals surface area contributed by atoms with Crippen LogP contribution < -0.4 is 5.32 Å². The van der Waals surface area contributed by atoms with Crippen LogP contribution in [0, 0.1) is 6.92 Å². The maximum Gasteiger partial charge on any atom is 0.126 e. The topological polar surface area (TPSA) is 37.8 Å². The molecule has 82 valence electrons. The third-order valence-electron chi connectivity index (χ3n) is 2.32. The summed E-state index contributed by atoms with van der Waals surface area (Å²) in [5.74, 6) is 0.874. The van der Waals surface area contributed by atoms with Crippen LogP contribution in [0.3, 0.4) is 0 Å². The van der Waals surface area contributed by atoms with E-state index in [0.29, 0.717) is 0 Å². The molecule has 0 unspecified atom stereocenters. The summed E-state index contributed by atoms with van der Waals surface area (Å²) in [4.78, 5) is 8.31. The van der Waals surface area contributed by atoms with E-state index < -0.39 is 0 Å². The van der Waals surface area contributed by atoms with Crippen molar-refractivity contribution in [3.8, 4) is 0 Å². The Kier molecular flexibility index (Phi) is 3.51. The van der Waals surface area contributed by atoms with Crippen molar-refractivity contribution in [1.82, 2.24) is 9.97 Å². The average Bonchev–Trinajstić information content (AvgIpc) is 2.30. The van der Waals surface area contributed by atoms with E-state index in [1.54, 1.807) is 12.4 Å². The first-order valence-corrected chi connectivity index (χ1v) is 5.80. The number of hydrogen-bond acceptors (Lipinski definition) is 3. The second kappa shape index (κ2) is 5.07. The Morgan fingerprint density at radius 3 is 2.81 bits per heavy atom. The van der Waals surface area contributed by atoms with Crippen LogP contribution in [0.25, 0.3) is 0 Å². The second-order valence-electron chi connectivity index (χ2n) is 3.52. The summed E-state index contributed by atoms with van der Waals surface area (Å²) in [6.45, 7) is 2.82. The molecule has 0 saturated heterocycles. The van der Waals surface area contributed by atoms with Crippen molar-refractivity contribution in [2.45, 2.75) is 13.5 Å². The minimum absolute atomic E-state index is 0.767. The van der Waals surface area contributed by atoms with Gasteiger partial charge in [0.25, 0.3) is 0 Å². The molecule has 0 aliphatic carbocycles. The van der Waals surface area contributed by atoms with Crippen LogP contribution in [0.2, 0.25) is 0 Å². The molecule has 4 heteroatoms. The van der Waals surface area contributed by atoms with Gasteiger partial charge in [0.1, 0.15) is 5.82 Å².